The summed E-state index contributed by atoms with van der Waals surface area (Å²) in [7, 11) is 0. The number of aryl methyl sites for hydroxylation is 1. The van der Waals surface area contributed by atoms with Crippen molar-refractivity contribution in [1.29, 1.82) is 0 Å². The molecule has 7 heteroatoms. The van der Waals surface area contributed by atoms with E-state index < -0.39 is 0 Å². The van der Waals surface area contributed by atoms with Gasteiger partial charge in [-0.2, -0.15) is 5.10 Å². The predicted molar refractivity (Wildman–Crippen MR) is 118 cm³/mol. The summed E-state index contributed by atoms with van der Waals surface area (Å²) in [6.07, 6.45) is 5.22. The highest BCUT2D eigenvalue weighted by molar-refractivity contribution is 5.94. The molecular weight excluding hydrogens is 386 g/mol. The average molecular weight is 418 g/mol. The van der Waals surface area contributed by atoms with Gasteiger partial charge < -0.3 is 15.5 Å². The summed E-state index contributed by atoms with van der Waals surface area (Å²) in [4.78, 5) is 15.3. The largest absolute Gasteiger partial charge is 0.351 e. The second-order valence-electron chi connectivity index (χ2n) is 7.93. The van der Waals surface area contributed by atoms with Gasteiger partial charge in [-0.1, -0.05) is 17.7 Å². The standard InChI is InChI=1S/C22H31N5O.ClH/c1-17-7-9-18(10-8-17)27-20-6-3-2-5-19(20)21(25-27)22(28)24-11-4-14-26-15-12-23-13-16-26;/h7-10,23H,2-6,11-16H2,1H3,(H,24,28);1H. The predicted octanol–water partition coefficient (Wildman–Crippen LogP) is 2.51. The van der Waals surface area contributed by atoms with Crippen molar-refractivity contribution in [3.63, 3.8) is 0 Å². The Bertz CT molecular complexity index is 811. The Kier molecular flexibility index (Phi) is 7.70. The van der Waals surface area contributed by atoms with Gasteiger partial charge in [0.05, 0.1) is 5.69 Å². The zero-order valence-corrected chi connectivity index (χ0v) is 18.1. The third-order valence-electron chi connectivity index (χ3n) is 5.82. The first-order valence-electron chi connectivity index (χ1n) is 10.6. The van der Waals surface area contributed by atoms with E-state index in [0.29, 0.717) is 12.2 Å². The molecule has 0 radical (unpaired) electrons. The van der Waals surface area contributed by atoms with Gasteiger partial charge in [-0.25, -0.2) is 4.68 Å². The molecule has 1 fully saturated rings. The van der Waals surface area contributed by atoms with Crippen LogP contribution in [-0.2, 0) is 12.8 Å². The molecule has 6 nitrogen and oxygen atoms in total. The third-order valence-corrected chi connectivity index (χ3v) is 5.82. The number of nitrogens with one attached hydrogen (secondary N) is 2. The lowest BCUT2D eigenvalue weighted by molar-refractivity contribution is 0.0945. The van der Waals surface area contributed by atoms with Crippen LogP contribution in [0, 0.1) is 6.92 Å². The van der Waals surface area contributed by atoms with E-state index in [4.69, 9.17) is 5.10 Å². The minimum atomic E-state index is -0.0238. The molecule has 1 aromatic carbocycles. The van der Waals surface area contributed by atoms with Crippen LogP contribution in [0.5, 0.6) is 0 Å². The van der Waals surface area contributed by atoms with Crippen molar-refractivity contribution in [2.24, 2.45) is 0 Å². The maximum Gasteiger partial charge on any atom is 0.272 e. The van der Waals surface area contributed by atoms with Crippen molar-refractivity contribution in [1.82, 2.24) is 25.3 Å². The van der Waals surface area contributed by atoms with E-state index in [1.54, 1.807) is 0 Å². The summed E-state index contributed by atoms with van der Waals surface area (Å²) in [5.41, 5.74) is 5.25. The molecule has 1 saturated heterocycles. The molecule has 0 bridgehead atoms. The lowest BCUT2D eigenvalue weighted by atomic mass is 9.95. The first-order valence-corrected chi connectivity index (χ1v) is 10.6. The topological polar surface area (TPSA) is 62.2 Å². The summed E-state index contributed by atoms with van der Waals surface area (Å²) in [6.45, 7) is 8.16. The molecule has 2 aromatic rings. The number of piperazine rings is 1. The van der Waals surface area contributed by atoms with E-state index >= 15 is 0 Å². The highest BCUT2D eigenvalue weighted by Gasteiger charge is 2.25. The van der Waals surface area contributed by atoms with Crippen LogP contribution in [0.3, 0.4) is 0 Å². The molecule has 2 heterocycles. The van der Waals surface area contributed by atoms with Crippen molar-refractivity contribution in [2.45, 2.75) is 39.0 Å². The fourth-order valence-electron chi connectivity index (χ4n) is 4.20. The lowest BCUT2D eigenvalue weighted by Gasteiger charge is -2.27. The maximum atomic E-state index is 12.9. The fourth-order valence-corrected chi connectivity index (χ4v) is 4.20. The number of carbonyl (C=O) groups excluding carboxylic acids is 1. The second kappa shape index (κ2) is 10.2. The quantitative estimate of drug-likeness (QED) is 0.709. The molecule has 0 unspecified atom stereocenters. The number of fused-ring (bicyclic) bond motifs is 1. The molecule has 1 aromatic heterocycles. The number of benzene rings is 1. The minimum absolute atomic E-state index is 0. The number of carbonyl (C=O) groups is 1. The van der Waals surface area contributed by atoms with Gasteiger partial charge >= 0.3 is 0 Å². The summed E-state index contributed by atoms with van der Waals surface area (Å²) < 4.78 is 1.99. The summed E-state index contributed by atoms with van der Waals surface area (Å²) in [5.74, 6) is -0.0238. The zero-order chi connectivity index (χ0) is 19.3. The van der Waals surface area contributed by atoms with Crippen LogP contribution in [0.25, 0.3) is 5.69 Å². The normalized spacial score (nSPS) is 16.7. The van der Waals surface area contributed by atoms with Crippen LogP contribution >= 0.6 is 12.4 Å². The molecule has 0 saturated carbocycles. The van der Waals surface area contributed by atoms with E-state index in [9.17, 15) is 4.79 Å². The van der Waals surface area contributed by atoms with E-state index in [2.05, 4.69) is 46.7 Å². The van der Waals surface area contributed by atoms with E-state index in [-0.39, 0.29) is 18.3 Å². The van der Waals surface area contributed by atoms with Crippen LogP contribution in [0.1, 0.15) is 46.6 Å². The van der Waals surface area contributed by atoms with Crippen LogP contribution in [-0.4, -0.2) is 59.9 Å². The van der Waals surface area contributed by atoms with Crippen molar-refractivity contribution < 1.29 is 4.79 Å². The highest BCUT2D eigenvalue weighted by Crippen LogP contribution is 2.27. The molecular formula is C22H32ClN5O. The monoisotopic (exact) mass is 417 g/mol. The van der Waals surface area contributed by atoms with Gasteiger partial charge in [0, 0.05) is 44.0 Å². The molecule has 2 aliphatic rings. The SMILES string of the molecule is Cc1ccc(-n2nc(C(=O)NCCCN3CCNCC3)c3c2CCCC3)cc1.Cl. The number of aromatic nitrogens is 2. The zero-order valence-electron chi connectivity index (χ0n) is 17.2. The Labute approximate surface area is 179 Å². The number of hydrogen-bond acceptors (Lipinski definition) is 4. The third kappa shape index (κ3) is 5.18. The summed E-state index contributed by atoms with van der Waals surface area (Å²) in [6, 6.07) is 8.38. The van der Waals surface area contributed by atoms with E-state index in [1.165, 1.54) is 11.3 Å². The van der Waals surface area contributed by atoms with Gasteiger partial charge in [-0.15, -0.1) is 12.4 Å². The second-order valence-corrected chi connectivity index (χ2v) is 7.93. The van der Waals surface area contributed by atoms with Crippen LogP contribution in [0.2, 0.25) is 0 Å². The van der Waals surface area contributed by atoms with Crippen LogP contribution in [0.4, 0.5) is 0 Å². The van der Waals surface area contributed by atoms with Gasteiger partial charge in [0.15, 0.2) is 5.69 Å². The van der Waals surface area contributed by atoms with E-state index in [1.807, 2.05) is 4.68 Å². The molecule has 1 aliphatic heterocycles. The van der Waals surface area contributed by atoms with Crippen molar-refractivity contribution >= 4 is 18.3 Å². The minimum Gasteiger partial charge on any atom is -0.351 e. The molecule has 29 heavy (non-hydrogen) atoms. The molecule has 2 N–H and O–H groups in total. The Balaban J connectivity index is 0.00000240. The smallest absolute Gasteiger partial charge is 0.272 e. The number of hydrogen-bond donors (Lipinski definition) is 2. The lowest BCUT2D eigenvalue weighted by Crippen LogP contribution is -2.44. The number of nitrogens with zero attached hydrogens (tertiary/aromatic N) is 3. The van der Waals surface area contributed by atoms with E-state index in [0.717, 1.165) is 76.1 Å². The Hall–Kier alpha value is -1.89. The summed E-state index contributed by atoms with van der Waals surface area (Å²) in [5, 5.41) is 11.2. The number of rotatable bonds is 6. The van der Waals surface area contributed by atoms with Gasteiger partial charge in [0.25, 0.3) is 5.91 Å². The van der Waals surface area contributed by atoms with Gasteiger partial charge in [0.2, 0.25) is 0 Å². The van der Waals surface area contributed by atoms with Crippen LogP contribution in [0.15, 0.2) is 24.3 Å². The molecule has 0 spiro atoms. The molecule has 4 rings (SSSR count). The van der Waals surface area contributed by atoms with Gasteiger partial charge in [-0.3, -0.25) is 4.79 Å². The number of halogens is 1. The first kappa shape index (κ1) is 21.8. The van der Waals surface area contributed by atoms with Crippen molar-refractivity contribution in [3.05, 3.63) is 46.8 Å². The molecule has 1 aliphatic carbocycles. The fraction of sp³-hybridized carbons (Fsp3) is 0.545. The maximum absolute atomic E-state index is 12.9. The highest BCUT2D eigenvalue weighted by atomic mass is 35.5. The molecule has 1 amide bonds. The molecule has 0 atom stereocenters. The Morgan fingerprint density at radius 2 is 1.86 bits per heavy atom. The average Bonchev–Trinajstić information content (AvgIpc) is 3.12. The van der Waals surface area contributed by atoms with Gasteiger partial charge in [0.1, 0.15) is 0 Å². The van der Waals surface area contributed by atoms with Gasteiger partial charge in [-0.05, 0) is 57.7 Å². The number of amides is 1. The first-order chi connectivity index (χ1) is 13.7. The molecule has 158 valence electrons. The summed E-state index contributed by atoms with van der Waals surface area (Å²) >= 11 is 0. The van der Waals surface area contributed by atoms with Crippen molar-refractivity contribution in [3.8, 4) is 5.69 Å². The van der Waals surface area contributed by atoms with Crippen molar-refractivity contribution in [2.75, 3.05) is 39.3 Å². The Morgan fingerprint density at radius 1 is 1.14 bits per heavy atom. The Morgan fingerprint density at radius 3 is 2.62 bits per heavy atom. The van der Waals surface area contributed by atoms with Crippen LogP contribution < -0.4 is 10.6 Å².